The molecule has 4 rings (SSSR count). The summed E-state index contributed by atoms with van der Waals surface area (Å²) in [5, 5.41) is 20.9. The fourth-order valence-electron chi connectivity index (χ4n) is 4.15. The molecule has 2 aromatic heterocycles. The van der Waals surface area contributed by atoms with E-state index in [1.165, 1.54) is 13.3 Å². The number of aliphatic hydroxyl groups excluding tert-OH is 2. The molecule has 22 heteroatoms. The van der Waals surface area contributed by atoms with Gasteiger partial charge in [0.05, 0.1) is 26.0 Å². The highest BCUT2D eigenvalue weighted by Gasteiger charge is 2.47. The Hall–Kier alpha value is -2.86. The molecule has 6 atom stereocenters. The number of pyridine rings is 1. The summed E-state index contributed by atoms with van der Waals surface area (Å²) >= 11 is 0. The van der Waals surface area contributed by atoms with Crippen LogP contribution in [0.1, 0.15) is 11.9 Å². The van der Waals surface area contributed by atoms with Crippen molar-refractivity contribution in [2.24, 2.45) is 0 Å². The van der Waals surface area contributed by atoms with Crippen molar-refractivity contribution in [3.63, 3.8) is 0 Å². The van der Waals surface area contributed by atoms with Gasteiger partial charge in [-0.3, -0.25) is 23.4 Å². The van der Waals surface area contributed by atoms with E-state index in [-0.39, 0.29) is 6.54 Å². The Balaban J connectivity index is 1.51. The molecule has 1 aliphatic heterocycles. The molecule has 1 fully saturated rings. The zero-order chi connectivity index (χ0) is 32.4. The van der Waals surface area contributed by atoms with Crippen LogP contribution >= 0.6 is 23.5 Å². The van der Waals surface area contributed by atoms with Crippen molar-refractivity contribution in [2.45, 2.75) is 31.1 Å². The first-order valence-corrected chi connectivity index (χ1v) is 16.7. The van der Waals surface area contributed by atoms with Crippen molar-refractivity contribution in [3.8, 4) is 16.9 Å². The Bertz CT molecular complexity index is 1770. The van der Waals surface area contributed by atoms with Crippen LogP contribution in [0.3, 0.4) is 0 Å². The first kappa shape index (κ1) is 34.0. The maximum atomic E-state index is 13.3. The van der Waals surface area contributed by atoms with Crippen molar-refractivity contribution >= 4 is 23.5 Å². The molecule has 44 heavy (non-hydrogen) atoms. The second-order valence-corrected chi connectivity index (χ2v) is 13.6. The lowest BCUT2D eigenvalue weighted by atomic mass is 10.1. The smallest absolute Gasteiger partial charge is 0.490 e. The molecule has 0 saturated carbocycles. The minimum Gasteiger partial charge on any atom is -0.497 e. The summed E-state index contributed by atoms with van der Waals surface area (Å²) in [6, 6.07) is 11.5. The largest absolute Gasteiger partial charge is 0.497 e. The molecular formula is C22H26N3O16P3. The number of benzene rings is 1. The van der Waals surface area contributed by atoms with E-state index in [9.17, 15) is 43.3 Å². The standard InChI is InChI=1S/C22H26N3O16P3/c1-37-16-4-2-3-13(10-16)14-5-7-23-15(9-14)11-25-18(26)6-8-24(22(25)29)21-20(28)19(27)17(39-21)12-38-43(33,34)41-44(35,36)40-42(30,31)32/h2-10,17,19-21,27-28H,11-12H2,1H3,(H,33,34)(H,35,36)(H2,30,31,32)/t17-,19+,20+,21-/m1/s1. The molecule has 240 valence electrons. The Morgan fingerprint density at radius 2 is 1.64 bits per heavy atom. The predicted octanol–water partition coefficient (Wildman–Crippen LogP) is 0.0914. The molecule has 0 amide bonds. The van der Waals surface area contributed by atoms with E-state index in [4.69, 9.17) is 19.3 Å². The van der Waals surface area contributed by atoms with Crippen LogP contribution in [0.2, 0.25) is 0 Å². The van der Waals surface area contributed by atoms with Crippen LogP contribution in [-0.4, -0.2) is 75.9 Å². The summed E-state index contributed by atoms with van der Waals surface area (Å²) in [7, 11) is -15.5. The number of phosphoric ester groups is 1. The van der Waals surface area contributed by atoms with Crippen molar-refractivity contribution in [3.05, 3.63) is 81.4 Å². The highest BCUT2D eigenvalue weighted by molar-refractivity contribution is 7.66. The average Bonchev–Trinajstić information content (AvgIpc) is 3.21. The van der Waals surface area contributed by atoms with Gasteiger partial charge in [-0.1, -0.05) is 12.1 Å². The minimum atomic E-state index is -5.80. The van der Waals surface area contributed by atoms with Gasteiger partial charge < -0.3 is 39.3 Å². The van der Waals surface area contributed by atoms with Crippen molar-refractivity contribution in [2.75, 3.05) is 13.7 Å². The number of phosphoric acid groups is 3. The first-order valence-electron chi connectivity index (χ1n) is 12.2. The van der Waals surface area contributed by atoms with Crippen molar-refractivity contribution in [1.82, 2.24) is 14.1 Å². The van der Waals surface area contributed by atoms with Gasteiger partial charge in [0.2, 0.25) is 0 Å². The maximum absolute atomic E-state index is 13.3. The molecular weight excluding hydrogens is 655 g/mol. The first-order chi connectivity index (χ1) is 20.5. The summed E-state index contributed by atoms with van der Waals surface area (Å²) in [6.07, 6.45) is -4.52. The van der Waals surface area contributed by atoms with Gasteiger partial charge in [-0.2, -0.15) is 8.62 Å². The fraction of sp³-hybridized carbons (Fsp3) is 0.318. The van der Waals surface area contributed by atoms with E-state index in [1.807, 2.05) is 6.07 Å². The molecule has 3 heterocycles. The Kier molecular flexibility index (Phi) is 10.2. The minimum absolute atomic E-state index is 0.294. The molecule has 2 unspecified atom stereocenters. The topological polar surface area (TPSA) is 276 Å². The van der Waals surface area contributed by atoms with Gasteiger partial charge in [0.1, 0.15) is 24.1 Å². The zero-order valence-corrected chi connectivity index (χ0v) is 25.1. The number of aliphatic hydroxyl groups is 2. The van der Waals surface area contributed by atoms with Gasteiger partial charge in [-0.15, -0.1) is 0 Å². The van der Waals surface area contributed by atoms with Crippen LogP contribution < -0.4 is 16.0 Å². The molecule has 1 saturated heterocycles. The van der Waals surface area contributed by atoms with E-state index >= 15 is 0 Å². The van der Waals surface area contributed by atoms with E-state index in [1.54, 1.807) is 30.3 Å². The van der Waals surface area contributed by atoms with Gasteiger partial charge in [-0.05, 0) is 35.4 Å². The Morgan fingerprint density at radius 1 is 0.932 bits per heavy atom. The molecule has 0 aliphatic carbocycles. The number of rotatable bonds is 12. The summed E-state index contributed by atoms with van der Waals surface area (Å²) < 4.78 is 58.2. The second kappa shape index (κ2) is 13.2. The van der Waals surface area contributed by atoms with Crippen LogP contribution in [0, 0.1) is 0 Å². The van der Waals surface area contributed by atoms with Crippen LogP contribution in [-0.2, 0) is 38.1 Å². The molecule has 1 aromatic carbocycles. The lowest BCUT2D eigenvalue weighted by molar-refractivity contribution is -0.0547. The van der Waals surface area contributed by atoms with Gasteiger partial charge in [-0.25, -0.2) is 18.5 Å². The third-order valence-corrected chi connectivity index (χ3v) is 9.87. The molecule has 0 spiro atoms. The Labute approximate surface area is 246 Å². The monoisotopic (exact) mass is 681 g/mol. The molecule has 19 nitrogen and oxygen atoms in total. The van der Waals surface area contributed by atoms with E-state index in [2.05, 4.69) is 18.1 Å². The normalized spacial score (nSPS) is 23.2. The SMILES string of the molecule is COc1cccc(-c2ccnc(Cn3c(=O)ccn([C@@H]4O[C@H](COP(=O)(O)OP(=O)(O)OP(=O)(O)O)[C@H](O)[C@@H]4O)c3=O)c2)c1. The van der Waals surface area contributed by atoms with Gasteiger partial charge in [0.15, 0.2) is 6.23 Å². The van der Waals surface area contributed by atoms with Gasteiger partial charge >= 0.3 is 29.2 Å². The fourth-order valence-corrected chi connectivity index (χ4v) is 7.18. The third kappa shape index (κ3) is 8.44. The van der Waals surface area contributed by atoms with E-state index in [0.717, 1.165) is 32.5 Å². The van der Waals surface area contributed by atoms with Crippen LogP contribution in [0.5, 0.6) is 5.75 Å². The molecule has 6 N–H and O–H groups in total. The highest BCUT2D eigenvalue weighted by Crippen LogP contribution is 2.66. The van der Waals surface area contributed by atoms with E-state index in [0.29, 0.717) is 11.4 Å². The maximum Gasteiger partial charge on any atom is 0.490 e. The van der Waals surface area contributed by atoms with Crippen LogP contribution in [0.25, 0.3) is 11.1 Å². The number of methoxy groups -OCH3 is 1. The van der Waals surface area contributed by atoms with Crippen molar-refractivity contribution < 1.29 is 66.1 Å². The molecule has 0 bridgehead atoms. The third-order valence-electron chi connectivity index (χ3n) is 6.06. The van der Waals surface area contributed by atoms with Gasteiger partial charge in [0.25, 0.3) is 5.56 Å². The summed E-state index contributed by atoms with van der Waals surface area (Å²) in [4.78, 5) is 66.3. The molecule has 3 aromatic rings. The van der Waals surface area contributed by atoms with Crippen LogP contribution in [0.15, 0.2) is 64.4 Å². The lowest BCUT2D eigenvalue weighted by Gasteiger charge is -2.19. The van der Waals surface area contributed by atoms with Crippen molar-refractivity contribution in [1.29, 1.82) is 0 Å². The van der Waals surface area contributed by atoms with Gasteiger partial charge in [0, 0.05) is 18.5 Å². The summed E-state index contributed by atoms with van der Waals surface area (Å²) in [5.41, 5.74) is 0.122. The highest BCUT2D eigenvalue weighted by atomic mass is 31.3. The quantitative estimate of drug-likeness (QED) is 0.138. The van der Waals surface area contributed by atoms with Crippen LogP contribution in [0.4, 0.5) is 0 Å². The second-order valence-electron chi connectivity index (χ2n) is 9.13. The zero-order valence-electron chi connectivity index (χ0n) is 22.4. The summed E-state index contributed by atoms with van der Waals surface area (Å²) in [6.45, 7) is -1.38. The predicted molar refractivity (Wildman–Crippen MR) is 146 cm³/mol. The number of nitrogens with zero attached hydrogens (tertiary/aromatic N) is 3. The number of hydrogen-bond acceptors (Lipinski definition) is 13. The number of ether oxygens (including phenoxy) is 2. The molecule has 0 radical (unpaired) electrons. The lowest BCUT2D eigenvalue weighted by Crippen LogP contribution is -2.43. The Morgan fingerprint density at radius 3 is 2.32 bits per heavy atom. The summed E-state index contributed by atoms with van der Waals surface area (Å²) in [5.74, 6) is 0.612. The van der Waals surface area contributed by atoms with E-state index < -0.39 is 65.9 Å². The number of hydrogen-bond donors (Lipinski definition) is 6. The number of aromatic nitrogens is 3. The average molecular weight is 681 g/mol. The molecule has 1 aliphatic rings.